The maximum absolute atomic E-state index is 14.4. The largest absolute Gasteiger partial charge is 0.415 e. The summed E-state index contributed by atoms with van der Waals surface area (Å²) in [7, 11) is 0. The van der Waals surface area contributed by atoms with Gasteiger partial charge in [0, 0.05) is 23.5 Å². The zero-order valence-corrected chi connectivity index (χ0v) is 31.2. The zero-order chi connectivity index (χ0) is 36.3. The second kappa shape index (κ2) is 15.8. The third-order valence-corrected chi connectivity index (χ3v) is 13.0. The number of ether oxygens (including phenoxy) is 2. The average Bonchev–Trinajstić information content (AvgIpc) is 3.75. The quantitative estimate of drug-likeness (QED) is 0.188. The van der Waals surface area contributed by atoms with Gasteiger partial charge in [-0.25, -0.2) is 4.79 Å². The molecule has 3 aromatic carbocycles. The highest BCUT2D eigenvalue weighted by Crippen LogP contribution is 2.59. The predicted octanol–water partition coefficient (Wildman–Crippen LogP) is 9.32. The van der Waals surface area contributed by atoms with E-state index in [1.54, 1.807) is 4.90 Å². The zero-order valence-electron chi connectivity index (χ0n) is 31.2. The fourth-order valence-electron chi connectivity index (χ4n) is 9.75. The molecule has 7 heteroatoms. The first-order chi connectivity index (χ1) is 25.1. The molecule has 3 fully saturated rings. The lowest BCUT2D eigenvalue weighted by atomic mass is 9.64. The van der Waals surface area contributed by atoms with Crippen molar-refractivity contribution in [1.82, 2.24) is 4.90 Å². The molecule has 1 aliphatic heterocycles. The van der Waals surface area contributed by atoms with E-state index in [-0.39, 0.29) is 30.3 Å². The van der Waals surface area contributed by atoms with Crippen molar-refractivity contribution >= 4 is 22.6 Å². The third-order valence-electron chi connectivity index (χ3n) is 13.0. The van der Waals surface area contributed by atoms with Crippen molar-refractivity contribution in [2.75, 3.05) is 19.7 Å². The number of rotatable bonds is 7. The van der Waals surface area contributed by atoms with Gasteiger partial charge < -0.3 is 24.6 Å². The minimum Gasteiger partial charge on any atom is -0.410 e. The van der Waals surface area contributed by atoms with Gasteiger partial charge in [-0.15, -0.1) is 0 Å². The Morgan fingerprint density at radius 2 is 1.73 bits per heavy atom. The van der Waals surface area contributed by atoms with Crippen molar-refractivity contribution in [3.63, 3.8) is 0 Å². The molecule has 0 aromatic heterocycles. The molecule has 278 valence electrons. The fourth-order valence-corrected chi connectivity index (χ4v) is 9.75. The Labute approximate surface area is 309 Å². The molecule has 0 spiro atoms. The first-order valence-corrected chi connectivity index (χ1v) is 19.9. The van der Waals surface area contributed by atoms with Crippen LogP contribution in [0.4, 0.5) is 4.79 Å². The summed E-state index contributed by atoms with van der Waals surface area (Å²) in [4.78, 5) is 30.3. The van der Waals surface area contributed by atoms with E-state index in [1.165, 1.54) is 12.0 Å². The molecule has 0 unspecified atom stereocenters. The van der Waals surface area contributed by atoms with Crippen molar-refractivity contribution in [1.29, 1.82) is 0 Å². The van der Waals surface area contributed by atoms with Gasteiger partial charge in [-0.3, -0.25) is 4.79 Å². The van der Waals surface area contributed by atoms with E-state index in [0.717, 1.165) is 78.8 Å². The van der Waals surface area contributed by atoms with Gasteiger partial charge in [0.2, 0.25) is 0 Å². The number of carbonyl (C=O) groups excluding carboxylic acids is 2. The smallest absolute Gasteiger partial charge is 0.410 e. The molecule has 4 aliphatic carbocycles. The van der Waals surface area contributed by atoms with Gasteiger partial charge in [-0.05, 0) is 124 Å². The number of benzene rings is 3. The Morgan fingerprint density at radius 1 is 0.923 bits per heavy atom. The Kier molecular flexibility index (Phi) is 11.2. The first kappa shape index (κ1) is 36.8. The van der Waals surface area contributed by atoms with Crippen LogP contribution in [-0.4, -0.2) is 64.5 Å². The maximum atomic E-state index is 14.4. The Hall–Kier alpha value is -3.52. The summed E-state index contributed by atoms with van der Waals surface area (Å²) >= 11 is 0. The lowest BCUT2D eigenvalue weighted by molar-refractivity contribution is -0.0831. The maximum Gasteiger partial charge on any atom is 0.415 e. The molecule has 1 heterocycles. The van der Waals surface area contributed by atoms with Crippen molar-refractivity contribution in [3.05, 3.63) is 89.0 Å². The number of nitrogens with zero attached hydrogens (tertiary/aromatic N) is 1. The number of Topliss-reactive ketones (excluding diaryl/α,β-unsaturated/α-hetero) is 1. The second-order valence-corrected chi connectivity index (χ2v) is 16.5. The number of ketones is 1. The van der Waals surface area contributed by atoms with Crippen LogP contribution in [0, 0.1) is 11.3 Å². The van der Waals surface area contributed by atoms with Gasteiger partial charge in [0.1, 0.15) is 5.75 Å². The highest BCUT2D eigenvalue weighted by molar-refractivity contribution is 5.99. The van der Waals surface area contributed by atoms with Crippen LogP contribution < -0.4 is 4.74 Å². The van der Waals surface area contributed by atoms with Crippen LogP contribution >= 0.6 is 0 Å². The van der Waals surface area contributed by atoms with Crippen LogP contribution in [0.15, 0.2) is 72.3 Å². The third kappa shape index (κ3) is 7.88. The standard InChI is InChI=1S/C45H57NO6/c1-31-10-8-23-44(2)41(39-21-17-32(26-36(47)19-16-31)27-40(39)42(48)34-12-4-3-5-13-34)22-24-45(44,50)30-46(29-38-15-9-25-51-38)43(49)52-37-20-18-33-11-6-7-14-35(33)28-37/h6-7,10-11,14,17-18,20-21,27-28,34,36,38,41,47,50H,3-5,8-9,12-13,15-16,19,22-26,29-30H2,1-2H3/t36-,38+,41-,44-,45+/m0/s1. The highest BCUT2D eigenvalue weighted by atomic mass is 16.6. The first-order valence-electron chi connectivity index (χ1n) is 19.9. The van der Waals surface area contributed by atoms with Crippen LogP contribution in [0.3, 0.4) is 0 Å². The summed E-state index contributed by atoms with van der Waals surface area (Å²) in [6.07, 6.45) is 12.8. The molecule has 1 amide bonds. The van der Waals surface area contributed by atoms with Gasteiger partial charge in [-0.1, -0.05) is 80.3 Å². The molecule has 1 saturated heterocycles. The number of amides is 1. The van der Waals surface area contributed by atoms with Crippen molar-refractivity contribution in [2.45, 2.75) is 127 Å². The van der Waals surface area contributed by atoms with Gasteiger partial charge in [-0.2, -0.15) is 0 Å². The Bertz CT molecular complexity index is 1770. The van der Waals surface area contributed by atoms with E-state index in [4.69, 9.17) is 9.47 Å². The molecular formula is C45H57NO6. The summed E-state index contributed by atoms with van der Waals surface area (Å²) in [6.45, 7) is 5.44. The summed E-state index contributed by atoms with van der Waals surface area (Å²) in [5.74, 6) is 0.607. The number of aliphatic hydroxyl groups excluding tert-OH is 1. The molecular weight excluding hydrogens is 650 g/mol. The molecule has 52 heavy (non-hydrogen) atoms. The average molecular weight is 708 g/mol. The minimum atomic E-state index is -1.24. The number of hydrogen-bond donors (Lipinski definition) is 2. The minimum absolute atomic E-state index is 0.00969. The van der Waals surface area contributed by atoms with Crippen LogP contribution in [-0.2, 0) is 11.2 Å². The summed E-state index contributed by atoms with van der Waals surface area (Å²) in [5.41, 5.74) is 2.12. The van der Waals surface area contributed by atoms with Crippen LogP contribution in [0.1, 0.15) is 125 Å². The Balaban J connectivity index is 1.24. The van der Waals surface area contributed by atoms with Crippen molar-refractivity contribution < 1.29 is 29.3 Å². The molecule has 2 bridgehead atoms. The van der Waals surface area contributed by atoms with E-state index >= 15 is 0 Å². The van der Waals surface area contributed by atoms with Gasteiger partial charge in [0.05, 0.1) is 30.9 Å². The highest BCUT2D eigenvalue weighted by Gasteiger charge is 2.58. The van der Waals surface area contributed by atoms with Crippen LogP contribution in [0.5, 0.6) is 5.75 Å². The van der Waals surface area contributed by atoms with E-state index in [9.17, 15) is 19.8 Å². The predicted molar refractivity (Wildman–Crippen MR) is 205 cm³/mol. The van der Waals surface area contributed by atoms with E-state index < -0.39 is 23.2 Å². The number of aliphatic hydroxyl groups is 2. The molecule has 3 aromatic rings. The van der Waals surface area contributed by atoms with E-state index in [2.05, 4.69) is 38.1 Å². The van der Waals surface area contributed by atoms with Gasteiger partial charge >= 0.3 is 6.09 Å². The number of carbonyl (C=O) groups is 2. The normalized spacial score (nSPS) is 28.6. The lowest BCUT2D eigenvalue weighted by Gasteiger charge is -2.46. The van der Waals surface area contributed by atoms with E-state index in [1.807, 2.05) is 42.5 Å². The molecule has 8 rings (SSSR count). The molecule has 5 aliphatic rings. The summed E-state index contributed by atoms with van der Waals surface area (Å²) < 4.78 is 12.1. The molecule has 2 saturated carbocycles. The fraction of sp³-hybridized carbons (Fsp3) is 0.556. The lowest BCUT2D eigenvalue weighted by Crippen LogP contribution is -2.55. The van der Waals surface area contributed by atoms with Gasteiger partial charge in [0.15, 0.2) is 5.78 Å². The van der Waals surface area contributed by atoms with Crippen LogP contribution in [0.2, 0.25) is 0 Å². The SMILES string of the molecule is CC1=CCC[C@@]2(C)[C@@H](CC[C@@]2(O)CN(C[C@H]2CCCO2)C(=O)Oc2ccc3ccccc3c2)c2ccc(cc2C(=O)C2CCCCC2)C[C@@H](O)CC1. The van der Waals surface area contributed by atoms with Crippen molar-refractivity contribution in [2.24, 2.45) is 11.3 Å². The summed E-state index contributed by atoms with van der Waals surface area (Å²) in [5, 5.41) is 26.1. The molecule has 7 nitrogen and oxygen atoms in total. The molecule has 5 atom stereocenters. The number of fused-ring (bicyclic) bond motifs is 9. The molecule has 0 radical (unpaired) electrons. The topological polar surface area (TPSA) is 96.3 Å². The monoisotopic (exact) mass is 707 g/mol. The number of hydrogen-bond acceptors (Lipinski definition) is 6. The summed E-state index contributed by atoms with van der Waals surface area (Å²) in [6, 6.07) is 19.9. The van der Waals surface area contributed by atoms with Gasteiger partial charge in [0.25, 0.3) is 0 Å². The Morgan fingerprint density at radius 3 is 2.52 bits per heavy atom. The molecule has 2 N–H and O–H groups in total. The van der Waals surface area contributed by atoms with Crippen LogP contribution in [0.25, 0.3) is 10.8 Å². The second-order valence-electron chi connectivity index (χ2n) is 16.5. The van der Waals surface area contributed by atoms with E-state index in [0.29, 0.717) is 51.0 Å². The number of allylic oxidation sites excluding steroid dienone is 2. The van der Waals surface area contributed by atoms with Crippen molar-refractivity contribution in [3.8, 4) is 5.75 Å².